The number of hydrogen-bond acceptors (Lipinski definition) is 3. The van der Waals surface area contributed by atoms with Gasteiger partial charge in [0.15, 0.2) is 0 Å². The average molecular weight is 284 g/mol. The second kappa shape index (κ2) is 6.53. The summed E-state index contributed by atoms with van der Waals surface area (Å²) in [6.45, 7) is 0. The van der Waals surface area contributed by atoms with Gasteiger partial charge in [-0.1, -0.05) is 18.2 Å². The maximum absolute atomic E-state index is 12.9. The van der Waals surface area contributed by atoms with Crippen molar-refractivity contribution in [2.45, 2.75) is 6.04 Å². The zero-order valence-electron chi connectivity index (χ0n) is 11.3. The van der Waals surface area contributed by atoms with Crippen LogP contribution in [0.15, 0.2) is 48.5 Å². The highest BCUT2D eigenvalue weighted by Crippen LogP contribution is 2.16. The number of nitriles is 1. The molecule has 5 heteroatoms. The second-order valence-corrected chi connectivity index (χ2v) is 4.32. The van der Waals surface area contributed by atoms with Gasteiger partial charge in [0.05, 0.1) is 13.2 Å². The molecule has 0 aliphatic carbocycles. The van der Waals surface area contributed by atoms with Crippen molar-refractivity contribution >= 4 is 5.91 Å². The van der Waals surface area contributed by atoms with E-state index in [1.54, 1.807) is 24.3 Å². The zero-order chi connectivity index (χ0) is 15.2. The molecule has 106 valence electrons. The first-order valence-electron chi connectivity index (χ1n) is 6.24. The first kappa shape index (κ1) is 14.5. The highest BCUT2D eigenvalue weighted by atomic mass is 19.1. The number of rotatable bonds is 4. The summed E-state index contributed by atoms with van der Waals surface area (Å²) in [5.74, 6) is -0.239. The molecule has 0 spiro atoms. The zero-order valence-corrected chi connectivity index (χ0v) is 11.3. The van der Waals surface area contributed by atoms with Gasteiger partial charge in [0, 0.05) is 5.56 Å². The number of carbonyl (C=O) groups is 1. The minimum atomic E-state index is -0.843. The summed E-state index contributed by atoms with van der Waals surface area (Å²) in [6.07, 6.45) is 0. The molecule has 0 bridgehead atoms. The minimum absolute atomic E-state index is 0.386. The van der Waals surface area contributed by atoms with Crippen LogP contribution >= 0.6 is 0 Å². The molecule has 1 amide bonds. The van der Waals surface area contributed by atoms with E-state index in [2.05, 4.69) is 5.32 Å². The Morgan fingerprint density at radius 3 is 2.62 bits per heavy atom. The lowest BCUT2D eigenvalue weighted by molar-refractivity contribution is 0.0945. The van der Waals surface area contributed by atoms with Crippen molar-refractivity contribution < 1.29 is 13.9 Å². The molecule has 2 aromatic rings. The van der Waals surface area contributed by atoms with Gasteiger partial charge in [-0.05, 0) is 35.9 Å². The van der Waals surface area contributed by atoms with E-state index in [-0.39, 0.29) is 0 Å². The number of ether oxygens (including phenoxy) is 1. The molecule has 0 saturated carbocycles. The molecule has 21 heavy (non-hydrogen) atoms. The van der Waals surface area contributed by atoms with Crippen LogP contribution in [-0.2, 0) is 0 Å². The molecule has 2 rings (SSSR count). The number of benzene rings is 2. The number of halogens is 1. The molecule has 0 aliphatic heterocycles. The van der Waals surface area contributed by atoms with Crippen LogP contribution < -0.4 is 10.1 Å². The first-order valence-corrected chi connectivity index (χ1v) is 6.24. The lowest BCUT2D eigenvalue weighted by atomic mass is 10.1. The van der Waals surface area contributed by atoms with Crippen LogP contribution in [0.2, 0.25) is 0 Å². The van der Waals surface area contributed by atoms with Crippen molar-refractivity contribution in [2.75, 3.05) is 7.11 Å². The number of carbonyl (C=O) groups excluding carboxylic acids is 1. The number of nitrogens with one attached hydrogen (secondary N) is 1. The fourth-order valence-electron chi connectivity index (χ4n) is 1.82. The molecule has 0 aliphatic rings. The van der Waals surface area contributed by atoms with Gasteiger partial charge >= 0.3 is 0 Å². The molecule has 0 radical (unpaired) electrons. The number of methoxy groups -OCH3 is 1. The molecule has 4 nitrogen and oxygen atoms in total. The second-order valence-electron chi connectivity index (χ2n) is 4.32. The van der Waals surface area contributed by atoms with Crippen LogP contribution in [0.25, 0.3) is 0 Å². The Hall–Kier alpha value is -2.87. The molecular formula is C16H13FN2O2. The van der Waals surface area contributed by atoms with Gasteiger partial charge in [-0.3, -0.25) is 4.79 Å². The van der Waals surface area contributed by atoms with Crippen molar-refractivity contribution in [1.82, 2.24) is 5.32 Å². The number of amides is 1. The lowest BCUT2D eigenvalue weighted by Gasteiger charge is -2.12. The largest absolute Gasteiger partial charge is 0.497 e. The fraction of sp³-hybridized carbons (Fsp3) is 0.125. The Kier molecular flexibility index (Phi) is 4.52. The summed E-state index contributed by atoms with van der Waals surface area (Å²) in [6, 6.07) is 13.2. The van der Waals surface area contributed by atoms with Gasteiger partial charge in [0.2, 0.25) is 0 Å². The molecule has 0 aromatic heterocycles. The van der Waals surface area contributed by atoms with E-state index >= 15 is 0 Å². The monoisotopic (exact) mass is 284 g/mol. The summed E-state index contributed by atoms with van der Waals surface area (Å²) in [5.41, 5.74) is 0.909. The third-order valence-electron chi connectivity index (χ3n) is 2.94. The summed E-state index contributed by atoms with van der Waals surface area (Å²) in [4.78, 5) is 12.1. The van der Waals surface area contributed by atoms with Gasteiger partial charge in [-0.25, -0.2) is 4.39 Å². The third kappa shape index (κ3) is 3.57. The molecule has 1 atom stereocenters. The van der Waals surface area contributed by atoms with Crippen LogP contribution in [0, 0.1) is 17.1 Å². The van der Waals surface area contributed by atoms with Crippen molar-refractivity contribution in [3.63, 3.8) is 0 Å². The normalized spacial score (nSPS) is 11.3. The van der Waals surface area contributed by atoms with Gasteiger partial charge < -0.3 is 10.1 Å². The van der Waals surface area contributed by atoms with E-state index in [1.807, 2.05) is 6.07 Å². The Morgan fingerprint density at radius 2 is 2.00 bits per heavy atom. The van der Waals surface area contributed by atoms with Gasteiger partial charge in [-0.2, -0.15) is 5.26 Å². The minimum Gasteiger partial charge on any atom is -0.497 e. The van der Waals surface area contributed by atoms with Crippen molar-refractivity contribution in [3.05, 3.63) is 65.5 Å². The number of nitrogens with zero attached hydrogens (tertiary/aromatic N) is 1. The van der Waals surface area contributed by atoms with Crippen LogP contribution in [0.1, 0.15) is 22.0 Å². The maximum Gasteiger partial charge on any atom is 0.252 e. The summed E-state index contributed by atoms with van der Waals surface area (Å²) in [5, 5.41) is 11.8. The Morgan fingerprint density at radius 1 is 1.29 bits per heavy atom. The summed E-state index contributed by atoms with van der Waals surface area (Å²) >= 11 is 0. The van der Waals surface area contributed by atoms with E-state index in [0.717, 1.165) is 0 Å². The Labute approximate surface area is 121 Å². The SMILES string of the molecule is COc1cccc(C(=O)N[C@H](C#N)c2ccc(F)cc2)c1. The Balaban J connectivity index is 2.16. The third-order valence-corrected chi connectivity index (χ3v) is 2.94. The lowest BCUT2D eigenvalue weighted by Crippen LogP contribution is -2.27. The van der Waals surface area contributed by atoms with Crippen LogP contribution in [0.3, 0.4) is 0 Å². The van der Waals surface area contributed by atoms with Crippen LogP contribution in [0.5, 0.6) is 5.75 Å². The highest BCUT2D eigenvalue weighted by molar-refractivity contribution is 5.95. The van der Waals surface area contributed by atoms with Crippen LogP contribution in [-0.4, -0.2) is 13.0 Å². The highest BCUT2D eigenvalue weighted by Gasteiger charge is 2.15. The van der Waals surface area contributed by atoms with E-state index in [4.69, 9.17) is 10.00 Å². The predicted molar refractivity (Wildman–Crippen MR) is 75.2 cm³/mol. The van der Waals surface area contributed by atoms with Crippen molar-refractivity contribution in [3.8, 4) is 11.8 Å². The van der Waals surface area contributed by atoms with E-state index in [0.29, 0.717) is 16.9 Å². The standard InChI is InChI=1S/C16H13FN2O2/c1-21-14-4-2-3-12(9-14)16(20)19-15(10-18)11-5-7-13(17)8-6-11/h2-9,15H,1H3,(H,19,20)/t15-/m1/s1. The van der Waals surface area contributed by atoms with Gasteiger partial charge in [-0.15, -0.1) is 0 Å². The molecule has 1 N–H and O–H groups in total. The summed E-state index contributed by atoms with van der Waals surface area (Å²) in [7, 11) is 1.51. The molecular weight excluding hydrogens is 271 g/mol. The molecule has 0 unspecified atom stereocenters. The Bertz CT molecular complexity index is 677. The number of hydrogen-bond donors (Lipinski definition) is 1. The van der Waals surface area contributed by atoms with Crippen molar-refractivity contribution in [2.24, 2.45) is 0 Å². The molecule has 0 saturated heterocycles. The van der Waals surface area contributed by atoms with E-state index in [1.165, 1.54) is 31.4 Å². The van der Waals surface area contributed by atoms with Gasteiger partial charge in [0.1, 0.15) is 17.6 Å². The predicted octanol–water partition coefficient (Wildman–Crippen LogP) is 2.83. The average Bonchev–Trinajstić information content (AvgIpc) is 2.53. The topological polar surface area (TPSA) is 62.1 Å². The van der Waals surface area contributed by atoms with Gasteiger partial charge in [0.25, 0.3) is 5.91 Å². The molecule has 2 aromatic carbocycles. The van der Waals surface area contributed by atoms with E-state index in [9.17, 15) is 9.18 Å². The fourth-order valence-corrected chi connectivity index (χ4v) is 1.82. The maximum atomic E-state index is 12.9. The van der Waals surface area contributed by atoms with Crippen molar-refractivity contribution in [1.29, 1.82) is 5.26 Å². The quantitative estimate of drug-likeness (QED) is 0.939. The summed E-state index contributed by atoms with van der Waals surface area (Å²) < 4.78 is 17.9. The molecule has 0 heterocycles. The smallest absolute Gasteiger partial charge is 0.252 e. The molecule has 0 fully saturated rings. The van der Waals surface area contributed by atoms with E-state index < -0.39 is 17.8 Å². The first-order chi connectivity index (χ1) is 10.1. The van der Waals surface area contributed by atoms with Crippen LogP contribution in [0.4, 0.5) is 4.39 Å².